The zero-order valence-corrected chi connectivity index (χ0v) is 27.9. The minimum atomic E-state index is -0.371. The molecule has 0 aliphatic rings. The van der Waals surface area contributed by atoms with Gasteiger partial charge in [-0.05, 0) is 72.8 Å². The third-order valence-electron chi connectivity index (χ3n) is 4.88. The molecule has 0 saturated carbocycles. The maximum Gasteiger partial charge on any atom is 0.123 e. The Morgan fingerprint density at radius 1 is 0.204 bits per heavy atom. The van der Waals surface area contributed by atoms with Crippen LogP contribution in [0.15, 0.2) is 146 Å². The molecule has 0 saturated heterocycles. The molecule has 6 nitrogen and oxygen atoms in total. The van der Waals surface area contributed by atoms with Crippen molar-refractivity contribution in [1.82, 2.24) is 0 Å². The SMILES string of the molecule is [O-]c1ccc(F)cc1.[O-]c1ccc(F)cc1.[O-]c1ccc(F)cc1.[O-]c1ccc(F)cc1.[O-]c1ccc(F)cc1.[O-]c1ccc(F)cc1.[W]. The molecule has 13 heteroatoms. The van der Waals surface area contributed by atoms with E-state index >= 15 is 0 Å². The van der Waals surface area contributed by atoms with E-state index < -0.39 is 0 Å². The smallest absolute Gasteiger partial charge is 0.123 e. The standard InChI is InChI=1S/6C6H5FO.W/c6*7-5-1-3-6(8)4-2-5;/h6*1-4,8H;/p-6. The van der Waals surface area contributed by atoms with Gasteiger partial charge in [0.15, 0.2) is 0 Å². The normalized spacial score (nSPS) is 8.94. The molecule has 0 radical (unpaired) electrons. The van der Waals surface area contributed by atoms with Gasteiger partial charge in [0.2, 0.25) is 0 Å². The molecule has 0 aliphatic carbocycles. The third-order valence-corrected chi connectivity index (χ3v) is 4.88. The molecule has 0 amide bonds. The van der Waals surface area contributed by atoms with Crippen molar-refractivity contribution in [3.05, 3.63) is 180 Å². The Balaban J connectivity index is 0.000000562. The number of benzene rings is 6. The summed E-state index contributed by atoms with van der Waals surface area (Å²) in [6.07, 6.45) is 0. The van der Waals surface area contributed by atoms with E-state index in [1.807, 2.05) is 0 Å². The van der Waals surface area contributed by atoms with Gasteiger partial charge in [-0.2, -0.15) is 0 Å². The van der Waals surface area contributed by atoms with Gasteiger partial charge in [0, 0.05) is 21.1 Å². The average Bonchev–Trinajstić information content (AvgIpc) is 3.07. The fraction of sp³-hybridized carbons (Fsp3) is 0. The first-order valence-corrected chi connectivity index (χ1v) is 13.3. The van der Waals surface area contributed by atoms with Crippen molar-refractivity contribution in [2.24, 2.45) is 0 Å². The first-order valence-electron chi connectivity index (χ1n) is 13.3. The molecule has 6 aromatic rings. The summed E-state index contributed by atoms with van der Waals surface area (Å²) < 4.78 is 71.7. The van der Waals surface area contributed by atoms with Gasteiger partial charge >= 0.3 is 0 Å². The second-order valence-corrected chi connectivity index (χ2v) is 8.72. The van der Waals surface area contributed by atoms with Crippen LogP contribution in [0.4, 0.5) is 26.3 Å². The van der Waals surface area contributed by atoms with Gasteiger partial charge in [0.1, 0.15) is 34.9 Å². The van der Waals surface area contributed by atoms with E-state index in [0.717, 1.165) is 72.8 Å². The van der Waals surface area contributed by atoms with E-state index in [0.29, 0.717) is 0 Å². The van der Waals surface area contributed by atoms with Crippen LogP contribution in [0.25, 0.3) is 0 Å². The molecule has 258 valence electrons. The number of hydrogen-bond donors (Lipinski definition) is 0. The molecule has 0 fully saturated rings. The van der Waals surface area contributed by atoms with Crippen LogP contribution >= 0.6 is 0 Å². The Morgan fingerprint density at radius 2 is 0.286 bits per heavy atom. The van der Waals surface area contributed by atoms with E-state index in [9.17, 15) is 57.0 Å². The predicted octanol–water partition coefficient (Wildman–Crippen LogP) is 5.39. The first-order chi connectivity index (χ1) is 22.7. The summed E-state index contributed by atoms with van der Waals surface area (Å²) in [5, 5.41) is 61.5. The van der Waals surface area contributed by atoms with Crippen molar-refractivity contribution >= 4 is 0 Å². The van der Waals surface area contributed by atoms with Crippen LogP contribution in [0.5, 0.6) is 34.5 Å². The van der Waals surface area contributed by atoms with E-state index in [-0.39, 0.29) is 90.5 Å². The molecule has 49 heavy (non-hydrogen) atoms. The van der Waals surface area contributed by atoms with Gasteiger partial charge in [-0.15, -0.1) is 34.5 Å². The fourth-order valence-electron chi connectivity index (χ4n) is 2.61. The molecule has 0 spiro atoms. The van der Waals surface area contributed by atoms with Crippen molar-refractivity contribution in [2.75, 3.05) is 0 Å². The van der Waals surface area contributed by atoms with Crippen molar-refractivity contribution in [2.45, 2.75) is 0 Å². The summed E-state index contributed by atoms with van der Waals surface area (Å²) in [7, 11) is 0. The Bertz CT molecular complexity index is 1230. The summed E-state index contributed by atoms with van der Waals surface area (Å²) in [6.45, 7) is 0. The quantitative estimate of drug-likeness (QED) is 0.188. The van der Waals surface area contributed by atoms with E-state index in [4.69, 9.17) is 0 Å². The minimum absolute atomic E-state index is 0. The van der Waals surface area contributed by atoms with E-state index in [1.54, 1.807) is 0 Å². The van der Waals surface area contributed by atoms with Gasteiger partial charge in [-0.25, -0.2) is 26.3 Å². The summed E-state index contributed by atoms with van der Waals surface area (Å²) in [5.74, 6) is -3.19. The second-order valence-electron chi connectivity index (χ2n) is 8.72. The maximum absolute atomic E-state index is 11.9. The van der Waals surface area contributed by atoms with E-state index in [1.165, 1.54) is 72.8 Å². The molecular weight excluding hydrogens is 826 g/mol. The van der Waals surface area contributed by atoms with Crippen molar-refractivity contribution in [1.29, 1.82) is 0 Å². The zero-order valence-electron chi connectivity index (χ0n) is 25.0. The second kappa shape index (κ2) is 24.5. The van der Waals surface area contributed by atoms with Crippen LogP contribution in [-0.2, 0) is 21.1 Å². The number of rotatable bonds is 0. The molecule has 0 aliphatic heterocycles. The number of halogens is 6. The summed E-state index contributed by atoms with van der Waals surface area (Å²) in [4.78, 5) is 0. The molecule has 0 N–H and O–H groups in total. The summed E-state index contributed by atoms with van der Waals surface area (Å²) in [6, 6.07) is 28.0. The Morgan fingerprint density at radius 3 is 0.347 bits per heavy atom. The maximum atomic E-state index is 11.9. The molecule has 0 aromatic heterocycles. The minimum Gasteiger partial charge on any atom is -0.872 e. The zero-order chi connectivity index (χ0) is 35.9. The molecule has 6 rings (SSSR count). The fourth-order valence-corrected chi connectivity index (χ4v) is 2.61. The summed E-state index contributed by atoms with van der Waals surface area (Å²) >= 11 is 0. The van der Waals surface area contributed by atoms with Crippen molar-refractivity contribution in [3.63, 3.8) is 0 Å². The van der Waals surface area contributed by atoms with Gasteiger partial charge in [0.05, 0.1) is 0 Å². The van der Waals surface area contributed by atoms with Crippen molar-refractivity contribution in [3.8, 4) is 34.5 Å². The van der Waals surface area contributed by atoms with Crippen LogP contribution in [0.1, 0.15) is 0 Å². The average molecular weight is 850 g/mol. The predicted molar refractivity (Wildman–Crippen MR) is 155 cm³/mol. The first kappa shape index (κ1) is 43.4. The molecule has 0 heterocycles. The van der Waals surface area contributed by atoms with Crippen molar-refractivity contribution < 1.29 is 78.0 Å². The van der Waals surface area contributed by atoms with Crippen LogP contribution in [0.2, 0.25) is 0 Å². The monoisotopic (exact) mass is 850 g/mol. The van der Waals surface area contributed by atoms with Crippen LogP contribution < -0.4 is 30.6 Å². The van der Waals surface area contributed by atoms with Crippen LogP contribution in [0, 0.1) is 34.9 Å². The van der Waals surface area contributed by atoms with Gasteiger partial charge in [-0.1, -0.05) is 72.8 Å². The Kier molecular flexibility index (Phi) is 21.7. The molecule has 0 atom stereocenters. The van der Waals surface area contributed by atoms with Gasteiger partial charge in [0.25, 0.3) is 0 Å². The Labute approximate surface area is 292 Å². The van der Waals surface area contributed by atoms with Crippen LogP contribution in [0.3, 0.4) is 0 Å². The topological polar surface area (TPSA) is 138 Å². The number of hydrogen-bond acceptors (Lipinski definition) is 6. The molecule has 6 aromatic carbocycles. The third kappa shape index (κ3) is 23.4. The Hall–Kier alpha value is -5.61. The van der Waals surface area contributed by atoms with E-state index in [2.05, 4.69) is 0 Å². The molecule has 0 unspecified atom stereocenters. The largest absolute Gasteiger partial charge is 0.872 e. The molecule has 0 bridgehead atoms. The van der Waals surface area contributed by atoms with Gasteiger partial charge in [-0.3, -0.25) is 0 Å². The summed E-state index contributed by atoms with van der Waals surface area (Å²) in [5.41, 5.74) is 0. The van der Waals surface area contributed by atoms with Crippen LogP contribution in [-0.4, -0.2) is 0 Å². The molecular formula is C36H24F6O6W-6. The van der Waals surface area contributed by atoms with Gasteiger partial charge < -0.3 is 30.6 Å².